The molecule has 0 atom stereocenters. The summed E-state index contributed by atoms with van der Waals surface area (Å²) in [6.45, 7) is 0. The van der Waals surface area contributed by atoms with Gasteiger partial charge in [0.15, 0.2) is 0 Å². The summed E-state index contributed by atoms with van der Waals surface area (Å²) in [5, 5.41) is 2.23. The molecule has 0 saturated heterocycles. The Kier molecular flexibility index (Phi) is 2.66. The van der Waals surface area contributed by atoms with Crippen LogP contribution < -0.4 is 0 Å². The van der Waals surface area contributed by atoms with E-state index in [0.29, 0.717) is 0 Å². The molecule has 1 aromatic carbocycles. The lowest BCUT2D eigenvalue weighted by molar-refractivity contribution is 1.33. The zero-order valence-corrected chi connectivity index (χ0v) is 12.9. The van der Waals surface area contributed by atoms with Crippen molar-refractivity contribution in [3.05, 3.63) is 67.1 Å². The van der Waals surface area contributed by atoms with Crippen molar-refractivity contribution in [2.45, 2.75) is 0 Å². The third-order valence-corrected chi connectivity index (χ3v) is 5.13. The van der Waals surface area contributed by atoms with Crippen LogP contribution in [0.25, 0.3) is 42.5 Å². The summed E-state index contributed by atoms with van der Waals surface area (Å²) in [5.74, 6) is 0. The van der Waals surface area contributed by atoms with Gasteiger partial charge in [0.05, 0.1) is 21.4 Å². The Balaban J connectivity index is 1.87. The second kappa shape index (κ2) is 4.83. The van der Waals surface area contributed by atoms with Gasteiger partial charge >= 0.3 is 0 Å². The molecule has 4 heterocycles. The minimum absolute atomic E-state index is 0.937. The van der Waals surface area contributed by atoms with Crippen LogP contribution in [0.4, 0.5) is 0 Å². The Morgan fingerprint density at radius 3 is 2.65 bits per heavy atom. The van der Waals surface area contributed by atoms with Crippen LogP contribution >= 0.6 is 11.3 Å². The summed E-state index contributed by atoms with van der Waals surface area (Å²) in [4.78, 5) is 13.7. The van der Waals surface area contributed by atoms with E-state index in [0.717, 1.165) is 27.7 Å². The number of benzene rings is 1. The summed E-state index contributed by atoms with van der Waals surface area (Å²) in [5.41, 5.74) is 4.06. The zero-order chi connectivity index (χ0) is 15.2. The number of hydrogen-bond acceptors (Lipinski definition) is 4. The van der Waals surface area contributed by atoms with E-state index in [1.807, 2.05) is 36.8 Å². The minimum atomic E-state index is 0.937. The Morgan fingerprint density at radius 1 is 0.783 bits per heavy atom. The monoisotopic (exact) mass is 313 g/mol. The Labute approximate surface area is 136 Å². The van der Waals surface area contributed by atoms with Gasteiger partial charge in [0.25, 0.3) is 0 Å². The highest BCUT2D eigenvalue weighted by molar-refractivity contribution is 7.25. The molecule has 0 N–H and O–H groups in total. The molecule has 5 rings (SSSR count). The van der Waals surface area contributed by atoms with E-state index in [2.05, 4.69) is 45.3 Å². The van der Waals surface area contributed by atoms with Crippen LogP contribution in [0.2, 0.25) is 0 Å². The zero-order valence-electron chi connectivity index (χ0n) is 12.1. The van der Waals surface area contributed by atoms with Crippen LogP contribution in [0.3, 0.4) is 0 Å². The van der Waals surface area contributed by atoms with E-state index in [9.17, 15) is 0 Å². The topological polar surface area (TPSA) is 38.7 Å². The van der Waals surface area contributed by atoms with Crippen molar-refractivity contribution in [1.29, 1.82) is 0 Å². The van der Waals surface area contributed by atoms with Gasteiger partial charge in [0.2, 0.25) is 0 Å². The molecule has 0 aliphatic rings. The molecule has 0 aliphatic carbocycles. The lowest BCUT2D eigenvalue weighted by Gasteiger charge is -2.05. The van der Waals surface area contributed by atoms with Crippen LogP contribution in [0.5, 0.6) is 0 Å². The summed E-state index contributed by atoms with van der Waals surface area (Å²) >= 11 is 1.77. The summed E-state index contributed by atoms with van der Waals surface area (Å²) in [6, 6.07) is 16.4. The van der Waals surface area contributed by atoms with Crippen LogP contribution in [-0.2, 0) is 0 Å². The Hall–Kier alpha value is -2.85. The van der Waals surface area contributed by atoms with E-state index in [-0.39, 0.29) is 0 Å². The van der Waals surface area contributed by atoms with Gasteiger partial charge in [0, 0.05) is 39.6 Å². The molecule has 0 spiro atoms. The fourth-order valence-corrected chi connectivity index (χ4v) is 4.06. The first-order chi connectivity index (χ1) is 11.4. The summed E-state index contributed by atoms with van der Waals surface area (Å²) < 4.78 is 2.44. The van der Waals surface area contributed by atoms with Crippen LogP contribution in [-0.4, -0.2) is 15.0 Å². The van der Waals surface area contributed by atoms with E-state index >= 15 is 0 Å². The van der Waals surface area contributed by atoms with Crippen molar-refractivity contribution in [2.24, 2.45) is 0 Å². The van der Waals surface area contributed by atoms with Crippen molar-refractivity contribution in [3.63, 3.8) is 0 Å². The highest BCUT2D eigenvalue weighted by Crippen LogP contribution is 2.38. The van der Waals surface area contributed by atoms with Gasteiger partial charge in [-0.3, -0.25) is 15.0 Å². The standard InChI is InChI=1S/C19H11N3S/c1-5-13(15-10-14-12(11-22-15)4-2-8-20-14)18-16(6-1)23-17-7-3-9-21-19(17)18/h1-11H. The average molecular weight is 313 g/mol. The van der Waals surface area contributed by atoms with Crippen LogP contribution in [0, 0.1) is 0 Å². The molecule has 0 aliphatic heterocycles. The molecule has 108 valence electrons. The molecule has 3 nitrogen and oxygen atoms in total. The van der Waals surface area contributed by atoms with Gasteiger partial charge in [-0.25, -0.2) is 0 Å². The Morgan fingerprint density at radius 2 is 1.65 bits per heavy atom. The maximum Gasteiger partial charge on any atom is 0.0895 e. The summed E-state index contributed by atoms with van der Waals surface area (Å²) in [6.07, 6.45) is 5.55. The number of pyridine rings is 3. The number of thiophene rings is 1. The number of nitrogens with zero attached hydrogens (tertiary/aromatic N) is 3. The SMILES string of the molecule is c1cnc2cc(-c3cccc4sc5cccnc5c34)ncc2c1. The first-order valence-corrected chi connectivity index (χ1v) is 8.19. The first kappa shape index (κ1) is 12.7. The van der Waals surface area contributed by atoms with Gasteiger partial charge in [-0.15, -0.1) is 11.3 Å². The van der Waals surface area contributed by atoms with Gasteiger partial charge in [-0.05, 0) is 36.4 Å². The summed E-state index contributed by atoms with van der Waals surface area (Å²) in [7, 11) is 0. The van der Waals surface area contributed by atoms with Gasteiger partial charge < -0.3 is 0 Å². The van der Waals surface area contributed by atoms with Crippen LogP contribution in [0.15, 0.2) is 67.1 Å². The third kappa shape index (κ3) is 1.92. The van der Waals surface area contributed by atoms with Gasteiger partial charge in [-0.1, -0.05) is 12.1 Å². The van der Waals surface area contributed by atoms with Crippen molar-refractivity contribution in [3.8, 4) is 11.3 Å². The normalized spacial score (nSPS) is 11.5. The molecule has 23 heavy (non-hydrogen) atoms. The van der Waals surface area contributed by atoms with Crippen molar-refractivity contribution >= 4 is 42.5 Å². The largest absolute Gasteiger partial charge is 0.256 e. The molecule has 0 amide bonds. The fraction of sp³-hybridized carbons (Fsp3) is 0. The minimum Gasteiger partial charge on any atom is -0.256 e. The lowest BCUT2D eigenvalue weighted by Crippen LogP contribution is -1.87. The fourth-order valence-electron chi connectivity index (χ4n) is 2.97. The predicted octanol–water partition coefficient (Wildman–Crippen LogP) is 5.06. The molecule has 0 unspecified atom stereocenters. The highest BCUT2D eigenvalue weighted by Gasteiger charge is 2.12. The van der Waals surface area contributed by atoms with Crippen molar-refractivity contribution < 1.29 is 0 Å². The van der Waals surface area contributed by atoms with E-state index in [1.165, 1.54) is 14.8 Å². The number of hydrogen-bond donors (Lipinski definition) is 0. The second-order valence-electron chi connectivity index (χ2n) is 5.40. The molecule has 0 fully saturated rings. The number of aromatic nitrogens is 3. The second-order valence-corrected chi connectivity index (χ2v) is 6.48. The Bertz CT molecular complexity index is 1180. The molecule has 5 aromatic rings. The van der Waals surface area contributed by atoms with Crippen molar-refractivity contribution in [2.75, 3.05) is 0 Å². The number of rotatable bonds is 1. The lowest BCUT2D eigenvalue weighted by atomic mass is 10.0. The molecule has 4 aromatic heterocycles. The maximum atomic E-state index is 4.65. The van der Waals surface area contributed by atoms with E-state index in [4.69, 9.17) is 0 Å². The van der Waals surface area contributed by atoms with Gasteiger partial charge in [-0.2, -0.15) is 0 Å². The van der Waals surface area contributed by atoms with E-state index in [1.54, 1.807) is 11.3 Å². The molecule has 0 radical (unpaired) electrons. The average Bonchev–Trinajstić information content (AvgIpc) is 3.00. The molecular weight excluding hydrogens is 302 g/mol. The molecular formula is C19H11N3S. The predicted molar refractivity (Wildman–Crippen MR) is 95.7 cm³/mol. The smallest absolute Gasteiger partial charge is 0.0895 e. The quantitative estimate of drug-likeness (QED) is 0.434. The molecule has 0 bridgehead atoms. The first-order valence-electron chi connectivity index (χ1n) is 7.37. The molecule has 4 heteroatoms. The third-order valence-electron chi connectivity index (χ3n) is 4.02. The maximum absolute atomic E-state index is 4.65. The highest BCUT2D eigenvalue weighted by atomic mass is 32.1. The van der Waals surface area contributed by atoms with Gasteiger partial charge in [0.1, 0.15) is 0 Å². The van der Waals surface area contributed by atoms with E-state index < -0.39 is 0 Å². The number of fused-ring (bicyclic) bond motifs is 4. The van der Waals surface area contributed by atoms with Crippen LogP contribution in [0.1, 0.15) is 0 Å². The van der Waals surface area contributed by atoms with Crippen molar-refractivity contribution in [1.82, 2.24) is 15.0 Å². The molecule has 0 saturated carbocycles.